The molecule has 0 radical (unpaired) electrons. The molecule has 0 heterocycles. The summed E-state index contributed by atoms with van der Waals surface area (Å²) in [6.45, 7) is 4.80. The summed E-state index contributed by atoms with van der Waals surface area (Å²) in [7, 11) is -3.89. The summed E-state index contributed by atoms with van der Waals surface area (Å²) in [6, 6.07) is 1.42. The third-order valence-corrected chi connectivity index (χ3v) is 1.88. The number of rotatable bonds is 2. The molecule has 0 aliphatic heterocycles. The van der Waals surface area contributed by atoms with Crippen LogP contribution in [0.2, 0.25) is 0 Å². The molecule has 0 fully saturated rings. The molecule has 0 saturated heterocycles. The van der Waals surface area contributed by atoms with E-state index < -0.39 is 27.5 Å². The zero-order chi connectivity index (χ0) is 11.4. The van der Waals surface area contributed by atoms with Crippen molar-refractivity contribution in [3.63, 3.8) is 0 Å². The minimum atomic E-state index is -3.89. The highest BCUT2D eigenvalue weighted by Gasteiger charge is 2.20. The molecule has 1 N–H and O–H groups in total. The van der Waals surface area contributed by atoms with E-state index in [1.54, 1.807) is 25.5 Å². The van der Waals surface area contributed by atoms with Crippen LogP contribution in [-0.2, 0) is 14.8 Å². The lowest BCUT2D eigenvalue weighted by atomic mass is 10.2. The lowest BCUT2D eigenvalue weighted by Crippen LogP contribution is -2.37. The molecule has 0 bridgehead atoms. The molecule has 7 heteroatoms. The minimum Gasteiger partial charge on any atom is -0.443 e. The van der Waals surface area contributed by atoms with Crippen LogP contribution in [-0.4, -0.2) is 25.9 Å². The number of carbonyl (C=O) groups excluding carboxylic acids is 1. The molecule has 0 rings (SSSR count). The molecule has 0 aromatic heterocycles. The number of ether oxygens (including phenoxy) is 1. The van der Waals surface area contributed by atoms with E-state index >= 15 is 0 Å². The lowest BCUT2D eigenvalue weighted by Gasteiger charge is -2.19. The van der Waals surface area contributed by atoms with Crippen molar-refractivity contribution in [1.82, 2.24) is 4.72 Å². The van der Waals surface area contributed by atoms with Crippen molar-refractivity contribution < 1.29 is 17.9 Å². The topological polar surface area (TPSA) is 96.3 Å². The van der Waals surface area contributed by atoms with Crippen molar-refractivity contribution in [1.29, 1.82) is 5.26 Å². The zero-order valence-electron chi connectivity index (χ0n) is 8.20. The maximum absolute atomic E-state index is 10.9. The number of carbonyl (C=O) groups is 1. The smallest absolute Gasteiger partial charge is 0.421 e. The molecule has 1 amide bonds. The molecule has 0 spiro atoms. The van der Waals surface area contributed by atoms with Gasteiger partial charge in [0.25, 0.3) is 10.0 Å². The van der Waals surface area contributed by atoms with Crippen molar-refractivity contribution >= 4 is 16.1 Å². The van der Waals surface area contributed by atoms with Gasteiger partial charge >= 0.3 is 6.09 Å². The second-order valence-electron chi connectivity index (χ2n) is 3.52. The Morgan fingerprint density at radius 2 is 2.00 bits per heavy atom. The first-order valence-electron chi connectivity index (χ1n) is 3.77. The number of nitrogens with one attached hydrogen (secondary N) is 1. The summed E-state index contributed by atoms with van der Waals surface area (Å²) in [5.74, 6) is -0.772. The highest BCUT2D eigenvalue weighted by Crippen LogP contribution is 2.06. The van der Waals surface area contributed by atoms with E-state index in [9.17, 15) is 13.2 Å². The quantitative estimate of drug-likeness (QED) is 0.725. The molecule has 0 aliphatic carbocycles. The van der Waals surface area contributed by atoms with Crippen LogP contribution in [0.5, 0.6) is 0 Å². The van der Waals surface area contributed by atoms with Gasteiger partial charge in [0.2, 0.25) is 0 Å². The molecule has 14 heavy (non-hydrogen) atoms. The number of sulfonamides is 1. The standard InChI is InChI=1S/C7H12N2O4S/c1-7(2,3)13-6(10)9-14(11,12)5-4-8/h5H2,1-3H3,(H,9,10). The monoisotopic (exact) mass is 220 g/mol. The Balaban J connectivity index is 4.30. The first-order valence-corrected chi connectivity index (χ1v) is 5.42. The number of nitrogens with zero attached hydrogens (tertiary/aromatic N) is 1. The third kappa shape index (κ3) is 6.25. The Morgan fingerprint density at radius 3 is 2.36 bits per heavy atom. The van der Waals surface area contributed by atoms with Gasteiger partial charge in [-0.05, 0) is 20.8 Å². The summed E-state index contributed by atoms with van der Waals surface area (Å²) in [4.78, 5) is 10.9. The van der Waals surface area contributed by atoms with Crippen LogP contribution >= 0.6 is 0 Å². The van der Waals surface area contributed by atoms with Gasteiger partial charge in [0, 0.05) is 0 Å². The average molecular weight is 220 g/mol. The van der Waals surface area contributed by atoms with E-state index in [0.29, 0.717) is 0 Å². The summed E-state index contributed by atoms with van der Waals surface area (Å²) >= 11 is 0. The van der Waals surface area contributed by atoms with E-state index in [2.05, 4.69) is 4.74 Å². The second kappa shape index (κ2) is 4.28. The van der Waals surface area contributed by atoms with Crippen LogP contribution in [0.4, 0.5) is 4.79 Å². The van der Waals surface area contributed by atoms with Crippen LogP contribution in [0.15, 0.2) is 0 Å². The Labute approximate surface area is 82.9 Å². The lowest BCUT2D eigenvalue weighted by molar-refractivity contribution is 0.0570. The molecule has 0 unspecified atom stereocenters. The molecular weight excluding hydrogens is 208 g/mol. The Hall–Kier alpha value is -1.29. The van der Waals surface area contributed by atoms with Crippen LogP contribution in [0.1, 0.15) is 20.8 Å². The van der Waals surface area contributed by atoms with Gasteiger partial charge in [-0.1, -0.05) is 0 Å². The maximum Gasteiger partial charge on any atom is 0.421 e. The molecule has 0 saturated carbocycles. The van der Waals surface area contributed by atoms with Crippen LogP contribution < -0.4 is 4.72 Å². The van der Waals surface area contributed by atoms with Crippen molar-refractivity contribution in [2.75, 3.05) is 5.75 Å². The fourth-order valence-corrected chi connectivity index (χ4v) is 1.08. The number of hydrogen-bond donors (Lipinski definition) is 1. The van der Waals surface area contributed by atoms with Gasteiger partial charge in [-0.3, -0.25) is 0 Å². The van der Waals surface area contributed by atoms with Crippen molar-refractivity contribution in [3.8, 4) is 6.07 Å². The Bertz CT molecular complexity index is 347. The van der Waals surface area contributed by atoms with Gasteiger partial charge in [0.1, 0.15) is 5.60 Å². The van der Waals surface area contributed by atoms with Gasteiger partial charge < -0.3 is 4.74 Å². The molecule has 0 atom stereocenters. The predicted molar refractivity (Wildman–Crippen MR) is 48.8 cm³/mol. The van der Waals surface area contributed by atoms with E-state index in [1.807, 2.05) is 0 Å². The van der Waals surface area contributed by atoms with Gasteiger partial charge in [-0.2, -0.15) is 5.26 Å². The fraction of sp³-hybridized carbons (Fsp3) is 0.714. The molecule has 80 valence electrons. The van der Waals surface area contributed by atoms with E-state index in [1.165, 1.54) is 6.07 Å². The van der Waals surface area contributed by atoms with E-state index in [0.717, 1.165) is 0 Å². The largest absolute Gasteiger partial charge is 0.443 e. The van der Waals surface area contributed by atoms with Crippen LogP contribution in [0.3, 0.4) is 0 Å². The Kier molecular flexibility index (Phi) is 3.89. The molecule has 0 aliphatic rings. The van der Waals surface area contributed by atoms with E-state index in [4.69, 9.17) is 5.26 Å². The minimum absolute atomic E-state index is 0.772. The average Bonchev–Trinajstić information content (AvgIpc) is 1.78. The molecule has 6 nitrogen and oxygen atoms in total. The third-order valence-electron chi connectivity index (χ3n) is 0.892. The first-order chi connectivity index (χ1) is 6.16. The van der Waals surface area contributed by atoms with Crippen molar-refractivity contribution in [3.05, 3.63) is 0 Å². The predicted octanol–water partition coefficient (Wildman–Crippen LogP) is 0.364. The summed E-state index contributed by atoms with van der Waals surface area (Å²) < 4.78 is 28.1. The zero-order valence-corrected chi connectivity index (χ0v) is 9.01. The number of amides is 1. The van der Waals surface area contributed by atoms with Gasteiger partial charge in [-0.15, -0.1) is 0 Å². The van der Waals surface area contributed by atoms with Crippen LogP contribution in [0, 0.1) is 11.3 Å². The normalized spacial score (nSPS) is 11.6. The van der Waals surface area contributed by atoms with E-state index in [-0.39, 0.29) is 0 Å². The SMILES string of the molecule is CC(C)(C)OC(=O)NS(=O)(=O)CC#N. The maximum atomic E-state index is 10.9. The highest BCUT2D eigenvalue weighted by molar-refractivity contribution is 7.90. The van der Waals surface area contributed by atoms with Crippen molar-refractivity contribution in [2.24, 2.45) is 0 Å². The molecular formula is C7H12N2O4S. The van der Waals surface area contributed by atoms with Crippen molar-refractivity contribution in [2.45, 2.75) is 26.4 Å². The fourth-order valence-electron chi connectivity index (χ4n) is 0.547. The summed E-state index contributed by atoms with van der Waals surface area (Å²) in [6.07, 6.45) is -1.08. The second-order valence-corrected chi connectivity index (χ2v) is 5.24. The Morgan fingerprint density at radius 1 is 1.50 bits per heavy atom. The van der Waals surface area contributed by atoms with Gasteiger partial charge in [-0.25, -0.2) is 17.9 Å². The first kappa shape index (κ1) is 12.7. The number of nitriles is 1. The van der Waals surface area contributed by atoms with Crippen LogP contribution in [0.25, 0.3) is 0 Å². The highest BCUT2D eigenvalue weighted by atomic mass is 32.2. The molecule has 0 aromatic rings. The summed E-state index contributed by atoms with van der Waals surface area (Å²) in [5, 5.41) is 8.13. The van der Waals surface area contributed by atoms with Gasteiger partial charge in [0.15, 0.2) is 5.75 Å². The van der Waals surface area contributed by atoms with Gasteiger partial charge in [0.05, 0.1) is 6.07 Å². The summed E-state index contributed by atoms with van der Waals surface area (Å²) in [5.41, 5.74) is -0.772. The molecule has 0 aromatic carbocycles. The number of hydrogen-bond acceptors (Lipinski definition) is 5.